The number of morpholine rings is 1. The second-order valence-corrected chi connectivity index (χ2v) is 9.39. The van der Waals surface area contributed by atoms with Crippen LogP contribution in [-0.4, -0.2) is 60.8 Å². The predicted molar refractivity (Wildman–Crippen MR) is 99.4 cm³/mol. The van der Waals surface area contributed by atoms with E-state index in [0.29, 0.717) is 5.54 Å². The highest BCUT2D eigenvalue weighted by Gasteiger charge is 2.43. The lowest BCUT2D eigenvalue weighted by Crippen LogP contribution is -2.57. The van der Waals surface area contributed by atoms with E-state index in [1.54, 1.807) is 0 Å². The second kappa shape index (κ2) is 7.25. The Bertz CT molecular complexity index is 407. The van der Waals surface area contributed by atoms with Crippen molar-refractivity contribution in [3.05, 3.63) is 0 Å². The largest absolute Gasteiger partial charge is 0.372 e. The van der Waals surface area contributed by atoms with Gasteiger partial charge in [-0.05, 0) is 58.0 Å². The Morgan fingerprint density at radius 3 is 2.38 bits per heavy atom. The van der Waals surface area contributed by atoms with E-state index in [4.69, 9.17) is 4.74 Å². The Balaban J connectivity index is 1.36. The highest BCUT2D eigenvalue weighted by molar-refractivity contribution is 4.98. The van der Waals surface area contributed by atoms with Crippen molar-refractivity contribution in [3.63, 3.8) is 0 Å². The third-order valence-corrected chi connectivity index (χ3v) is 7.74. The van der Waals surface area contributed by atoms with Gasteiger partial charge in [0.1, 0.15) is 0 Å². The number of hydrogen-bond acceptors (Lipinski definition) is 3. The SMILES string of the molecule is CN1CCC(CN2CCOC3(CCCCC3)C2)CC12CCCCC2. The zero-order chi connectivity index (χ0) is 16.5. The van der Waals surface area contributed by atoms with Gasteiger partial charge in [-0.2, -0.15) is 0 Å². The zero-order valence-electron chi connectivity index (χ0n) is 15.9. The van der Waals surface area contributed by atoms with Crippen LogP contribution < -0.4 is 0 Å². The number of ether oxygens (including phenoxy) is 1. The van der Waals surface area contributed by atoms with E-state index in [1.165, 1.54) is 103 Å². The number of likely N-dealkylation sites (tertiary alicyclic amines) is 1. The van der Waals surface area contributed by atoms with Crippen molar-refractivity contribution < 1.29 is 4.74 Å². The number of hydrogen-bond donors (Lipinski definition) is 0. The molecule has 3 nitrogen and oxygen atoms in total. The predicted octanol–water partition coefficient (Wildman–Crippen LogP) is 4.07. The average Bonchev–Trinajstić information content (AvgIpc) is 2.60. The van der Waals surface area contributed by atoms with E-state index >= 15 is 0 Å². The van der Waals surface area contributed by atoms with Crippen molar-refractivity contribution in [2.75, 3.05) is 39.8 Å². The molecule has 138 valence electrons. The first-order valence-corrected chi connectivity index (χ1v) is 10.8. The smallest absolute Gasteiger partial charge is 0.0809 e. The molecule has 0 bridgehead atoms. The molecule has 4 rings (SSSR count). The van der Waals surface area contributed by atoms with Crippen LogP contribution in [0.5, 0.6) is 0 Å². The third-order valence-electron chi connectivity index (χ3n) is 7.74. The van der Waals surface area contributed by atoms with Crippen molar-refractivity contribution in [3.8, 4) is 0 Å². The van der Waals surface area contributed by atoms with Crippen LogP contribution in [0.3, 0.4) is 0 Å². The van der Waals surface area contributed by atoms with Gasteiger partial charge in [0.05, 0.1) is 12.2 Å². The summed E-state index contributed by atoms with van der Waals surface area (Å²) >= 11 is 0. The van der Waals surface area contributed by atoms with Gasteiger partial charge in [-0.25, -0.2) is 0 Å². The topological polar surface area (TPSA) is 15.7 Å². The maximum Gasteiger partial charge on any atom is 0.0809 e. The molecule has 3 heteroatoms. The lowest BCUT2D eigenvalue weighted by Gasteiger charge is -2.52. The van der Waals surface area contributed by atoms with E-state index in [0.717, 1.165) is 12.5 Å². The maximum atomic E-state index is 6.30. The van der Waals surface area contributed by atoms with Crippen molar-refractivity contribution in [1.82, 2.24) is 9.80 Å². The summed E-state index contributed by atoms with van der Waals surface area (Å²) in [5.74, 6) is 0.915. The lowest BCUT2D eigenvalue weighted by atomic mass is 9.71. The lowest BCUT2D eigenvalue weighted by molar-refractivity contribution is -0.131. The molecule has 0 radical (unpaired) electrons. The molecule has 0 N–H and O–H groups in total. The molecule has 2 aliphatic heterocycles. The molecule has 24 heavy (non-hydrogen) atoms. The Labute approximate surface area is 149 Å². The number of piperidine rings is 1. The standard InChI is InChI=1S/C21H38N2O/c1-22-13-8-19(16-20(22)9-4-2-5-10-20)17-23-14-15-24-21(18-23)11-6-3-7-12-21/h19H,2-18H2,1H3. The summed E-state index contributed by atoms with van der Waals surface area (Å²) < 4.78 is 6.30. The summed E-state index contributed by atoms with van der Waals surface area (Å²) in [5.41, 5.74) is 0.778. The van der Waals surface area contributed by atoms with Crippen LogP contribution in [0.4, 0.5) is 0 Å². The first-order chi connectivity index (χ1) is 11.7. The Hall–Kier alpha value is -0.120. The quantitative estimate of drug-likeness (QED) is 0.757. The van der Waals surface area contributed by atoms with Gasteiger partial charge < -0.3 is 9.64 Å². The molecule has 2 spiro atoms. The molecule has 4 fully saturated rings. The van der Waals surface area contributed by atoms with Crippen LogP contribution in [-0.2, 0) is 4.74 Å². The maximum absolute atomic E-state index is 6.30. The summed E-state index contributed by atoms with van der Waals surface area (Å²) in [4.78, 5) is 5.51. The number of nitrogens with zero attached hydrogens (tertiary/aromatic N) is 2. The number of rotatable bonds is 2. The van der Waals surface area contributed by atoms with E-state index in [9.17, 15) is 0 Å². The van der Waals surface area contributed by atoms with Crippen molar-refractivity contribution in [1.29, 1.82) is 0 Å². The molecule has 0 amide bonds. The molecular weight excluding hydrogens is 296 g/mol. The molecule has 2 saturated heterocycles. The minimum absolute atomic E-state index is 0.227. The summed E-state index contributed by atoms with van der Waals surface area (Å²) in [6.07, 6.45) is 16.9. The van der Waals surface area contributed by atoms with Crippen LogP contribution in [0.25, 0.3) is 0 Å². The fourth-order valence-electron chi connectivity index (χ4n) is 6.30. The monoisotopic (exact) mass is 334 g/mol. The van der Waals surface area contributed by atoms with Crippen LogP contribution in [0.2, 0.25) is 0 Å². The fourth-order valence-corrected chi connectivity index (χ4v) is 6.30. The molecule has 1 unspecified atom stereocenters. The van der Waals surface area contributed by atoms with Gasteiger partial charge in [0.25, 0.3) is 0 Å². The van der Waals surface area contributed by atoms with E-state index < -0.39 is 0 Å². The van der Waals surface area contributed by atoms with Gasteiger partial charge in [-0.1, -0.05) is 38.5 Å². The summed E-state index contributed by atoms with van der Waals surface area (Å²) in [7, 11) is 2.40. The van der Waals surface area contributed by atoms with Crippen LogP contribution in [0.15, 0.2) is 0 Å². The van der Waals surface area contributed by atoms with Crippen LogP contribution in [0.1, 0.15) is 77.0 Å². The molecule has 4 aliphatic rings. The van der Waals surface area contributed by atoms with Crippen molar-refractivity contribution in [2.45, 2.75) is 88.2 Å². The summed E-state index contributed by atoms with van der Waals surface area (Å²) in [6.45, 7) is 6.01. The minimum Gasteiger partial charge on any atom is -0.372 e. The van der Waals surface area contributed by atoms with Crippen molar-refractivity contribution in [2.24, 2.45) is 5.92 Å². The van der Waals surface area contributed by atoms with Gasteiger partial charge in [-0.3, -0.25) is 4.90 Å². The van der Waals surface area contributed by atoms with Crippen LogP contribution in [0, 0.1) is 5.92 Å². The molecule has 0 aromatic carbocycles. The van der Waals surface area contributed by atoms with E-state index in [2.05, 4.69) is 16.8 Å². The molecule has 2 aliphatic carbocycles. The molecular formula is C21H38N2O. The van der Waals surface area contributed by atoms with E-state index in [1.807, 2.05) is 0 Å². The minimum atomic E-state index is 0.227. The molecule has 2 saturated carbocycles. The average molecular weight is 335 g/mol. The zero-order valence-corrected chi connectivity index (χ0v) is 15.9. The highest BCUT2D eigenvalue weighted by Crippen LogP contribution is 2.42. The Morgan fingerprint density at radius 1 is 0.917 bits per heavy atom. The molecule has 2 heterocycles. The van der Waals surface area contributed by atoms with Gasteiger partial charge in [0.2, 0.25) is 0 Å². The van der Waals surface area contributed by atoms with Crippen molar-refractivity contribution >= 4 is 0 Å². The van der Waals surface area contributed by atoms with Gasteiger partial charge in [-0.15, -0.1) is 0 Å². The fraction of sp³-hybridized carbons (Fsp3) is 1.00. The van der Waals surface area contributed by atoms with E-state index in [-0.39, 0.29) is 5.60 Å². The summed E-state index contributed by atoms with van der Waals surface area (Å²) in [6, 6.07) is 0. The first kappa shape index (κ1) is 17.3. The third kappa shape index (κ3) is 3.54. The van der Waals surface area contributed by atoms with Gasteiger partial charge >= 0.3 is 0 Å². The second-order valence-electron chi connectivity index (χ2n) is 9.39. The normalized spacial score (nSPS) is 34.6. The highest BCUT2D eigenvalue weighted by atomic mass is 16.5. The molecule has 0 aromatic rings. The molecule has 1 atom stereocenters. The first-order valence-electron chi connectivity index (χ1n) is 10.8. The Morgan fingerprint density at radius 2 is 1.62 bits per heavy atom. The molecule has 0 aromatic heterocycles. The van der Waals surface area contributed by atoms with Crippen LogP contribution >= 0.6 is 0 Å². The Kier molecular flexibility index (Phi) is 5.22. The van der Waals surface area contributed by atoms with Gasteiger partial charge in [0, 0.05) is 25.2 Å². The van der Waals surface area contributed by atoms with Gasteiger partial charge in [0.15, 0.2) is 0 Å². The summed E-state index contributed by atoms with van der Waals surface area (Å²) in [5, 5.41) is 0.